The van der Waals surface area contributed by atoms with E-state index in [2.05, 4.69) is 5.32 Å². The van der Waals surface area contributed by atoms with Crippen molar-refractivity contribution in [2.45, 2.75) is 20.3 Å². The second kappa shape index (κ2) is 4.20. The van der Waals surface area contributed by atoms with Crippen LogP contribution in [0.5, 0.6) is 0 Å². The standard InChI is InChI=1S/C13H15NO3/c1-7-3-4-9(13(16)17)6-11(7)14-12(15)10-5-8(10)2/h3-4,6,8,10H,5H2,1-2H3,(H,14,15)(H,16,17). The maximum Gasteiger partial charge on any atom is 0.335 e. The van der Waals surface area contributed by atoms with Crippen LogP contribution in [-0.2, 0) is 4.79 Å². The van der Waals surface area contributed by atoms with Gasteiger partial charge in [-0.25, -0.2) is 4.79 Å². The molecule has 0 bridgehead atoms. The van der Waals surface area contributed by atoms with Crippen molar-refractivity contribution in [1.82, 2.24) is 0 Å². The molecule has 4 nitrogen and oxygen atoms in total. The highest BCUT2D eigenvalue weighted by Crippen LogP contribution is 2.38. The number of carbonyl (C=O) groups is 2. The van der Waals surface area contributed by atoms with Gasteiger partial charge in [-0.05, 0) is 37.0 Å². The van der Waals surface area contributed by atoms with Gasteiger partial charge in [0, 0.05) is 11.6 Å². The van der Waals surface area contributed by atoms with E-state index in [1.807, 2.05) is 13.8 Å². The highest BCUT2D eigenvalue weighted by atomic mass is 16.4. The average Bonchev–Trinajstić information content (AvgIpc) is 2.98. The first kappa shape index (κ1) is 11.6. The summed E-state index contributed by atoms with van der Waals surface area (Å²) in [5, 5.41) is 11.7. The van der Waals surface area contributed by atoms with Crippen LogP contribution in [0.15, 0.2) is 18.2 Å². The summed E-state index contributed by atoms with van der Waals surface area (Å²) in [5.74, 6) is -0.468. The second-order valence-corrected chi connectivity index (χ2v) is 4.64. The fraction of sp³-hybridized carbons (Fsp3) is 0.385. The zero-order valence-electron chi connectivity index (χ0n) is 9.86. The monoisotopic (exact) mass is 233 g/mol. The molecule has 1 fully saturated rings. The Balaban J connectivity index is 2.16. The molecule has 2 rings (SSSR count). The largest absolute Gasteiger partial charge is 0.478 e. The lowest BCUT2D eigenvalue weighted by atomic mass is 10.1. The van der Waals surface area contributed by atoms with Crippen LogP contribution in [-0.4, -0.2) is 17.0 Å². The molecule has 4 heteroatoms. The third kappa shape index (κ3) is 2.46. The third-order valence-corrected chi connectivity index (χ3v) is 3.19. The van der Waals surface area contributed by atoms with E-state index in [1.54, 1.807) is 6.07 Å². The molecule has 17 heavy (non-hydrogen) atoms. The van der Waals surface area contributed by atoms with Gasteiger partial charge >= 0.3 is 5.97 Å². The number of anilines is 1. The first-order valence-corrected chi connectivity index (χ1v) is 5.64. The van der Waals surface area contributed by atoms with Gasteiger partial charge in [-0.1, -0.05) is 13.0 Å². The molecule has 0 saturated heterocycles. The summed E-state index contributed by atoms with van der Waals surface area (Å²) in [6.45, 7) is 3.88. The fourth-order valence-electron chi connectivity index (χ4n) is 1.80. The van der Waals surface area contributed by atoms with E-state index in [0.717, 1.165) is 12.0 Å². The number of rotatable bonds is 3. The molecule has 0 aliphatic heterocycles. The molecule has 0 radical (unpaired) electrons. The van der Waals surface area contributed by atoms with E-state index < -0.39 is 5.97 Å². The van der Waals surface area contributed by atoms with Crippen LogP contribution in [0, 0.1) is 18.8 Å². The molecule has 0 spiro atoms. The summed E-state index contributed by atoms with van der Waals surface area (Å²) in [4.78, 5) is 22.6. The Morgan fingerprint density at radius 1 is 1.41 bits per heavy atom. The predicted octanol–water partition coefficient (Wildman–Crippen LogP) is 2.29. The maximum atomic E-state index is 11.8. The number of carbonyl (C=O) groups excluding carboxylic acids is 1. The van der Waals surface area contributed by atoms with Crippen molar-refractivity contribution in [3.8, 4) is 0 Å². The third-order valence-electron chi connectivity index (χ3n) is 3.19. The van der Waals surface area contributed by atoms with Gasteiger partial charge in [0.25, 0.3) is 0 Å². The van der Waals surface area contributed by atoms with Gasteiger partial charge in [0.2, 0.25) is 5.91 Å². The summed E-state index contributed by atoms with van der Waals surface area (Å²) in [7, 11) is 0. The topological polar surface area (TPSA) is 66.4 Å². The Hall–Kier alpha value is -1.84. The van der Waals surface area contributed by atoms with Crippen molar-refractivity contribution in [2.24, 2.45) is 11.8 Å². The zero-order chi connectivity index (χ0) is 12.6. The van der Waals surface area contributed by atoms with Crippen molar-refractivity contribution in [3.63, 3.8) is 0 Å². The van der Waals surface area contributed by atoms with Crippen molar-refractivity contribution in [1.29, 1.82) is 0 Å². The summed E-state index contributed by atoms with van der Waals surface area (Å²) in [5.41, 5.74) is 1.65. The van der Waals surface area contributed by atoms with Crippen LogP contribution < -0.4 is 5.32 Å². The highest BCUT2D eigenvalue weighted by Gasteiger charge is 2.39. The van der Waals surface area contributed by atoms with E-state index in [9.17, 15) is 9.59 Å². The average molecular weight is 233 g/mol. The number of aryl methyl sites for hydroxylation is 1. The fourth-order valence-corrected chi connectivity index (χ4v) is 1.80. The number of amides is 1. The number of hydrogen-bond acceptors (Lipinski definition) is 2. The SMILES string of the molecule is Cc1ccc(C(=O)O)cc1NC(=O)C1CC1C. The van der Waals surface area contributed by atoms with Gasteiger partial charge in [0.15, 0.2) is 0 Å². The molecule has 2 atom stereocenters. The molecule has 90 valence electrons. The van der Waals surface area contributed by atoms with Gasteiger partial charge < -0.3 is 10.4 Å². The Labute approximate surface area is 99.6 Å². The molecule has 1 saturated carbocycles. The van der Waals surface area contributed by atoms with Gasteiger partial charge in [-0.15, -0.1) is 0 Å². The number of hydrogen-bond donors (Lipinski definition) is 2. The number of carboxylic acid groups (broad SMARTS) is 1. The number of aromatic carboxylic acids is 1. The highest BCUT2D eigenvalue weighted by molar-refractivity contribution is 5.97. The van der Waals surface area contributed by atoms with Gasteiger partial charge in [-0.3, -0.25) is 4.79 Å². The van der Waals surface area contributed by atoms with Crippen LogP contribution >= 0.6 is 0 Å². The van der Waals surface area contributed by atoms with Crippen molar-refractivity contribution < 1.29 is 14.7 Å². The van der Waals surface area contributed by atoms with E-state index >= 15 is 0 Å². The number of nitrogens with one attached hydrogen (secondary N) is 1. The van der Waals surface area contributed by atoms with Crippen LogP contribution in [0.4, 0.5) is 5.69 Å². The molecule has 1 aliphatic carbocycles. The van der Waals surface area contributed by atoms with E-state index in [-0.39, 0.29) is 17.4 Å². The van der Waals surface area contributed by atoms with Gasteiger partial charge in [0.05, 0.1) is 5.56 Å². The molecule has 0 aromatic heterocycles. The van der Waals surface area contributed by atoms with Crippen LogP contribution in [0.1, 0.15) is 29.3 Å². The predicted molar refractivity (Wildman–Crippen MR) is 64.0 cm³/mol. The molecular weight excluding hydrogens is 218 g/mol. The normalized spacial score (nSPS) is 22.0. The molecular formula is C13H15NO3. The molecule has 2 unspecified atom stereocenters. The Morgan fingerprint density at radius 3 is 2.59 bits per heavy atom. The van der Waals surface area contributed by atoms with Gasteiger partial charge in [0.1, 0.15) is 0 Å². The van der Waals surface area contributed by atoms with E-state index in [1.165, 1.54) is 12.1 Å². The molecule has 2 N–H and O–H groups in total. The van der Waals surface area contributed by atoms with E-state index in [4.69, 9.17) is 5.11 Å². The van der Waals surface area contributed by atoms with Gasteiger partial charge in [-0.2, -0.15) is 0 Å². The van der Waals surface area contributed by atoms with Crippen molar-refractivity contribution >= 4 is 17.6 Å². The number of carboxylic acids is 1. The quantitative estimate of drug-likeness (QED) is 0.841. The summed E-state index contributed by atoms with van der Waals surface area (Å²) < 4.78 is 0. The Morgan fingerprint density at radius 2 is 2.06 bits per heavy atom. The molecule has 1 aliphatic rings. The van der Waals surface area contributed by atoms with E-state index in [0.29, 0.717) is 11.6 Å². The second-order valence-electron chi connectivity index (χ2n) is 4.64. The Bertz CT molecular complexity index is 482. The minimum absolute atomic E-state index is 0.0110. The van der Waals surface area contributed by atoms with Crippen LogP contribution in [0.25, 0.3) is 0 Å². The summed E-state index contributed by atoms with van der Waals surface area (Å²) in [6.07, 6.45) is 0.920. The molecule has 1 aromatic carbocycles. The Kier molecular flexibility index (Phi) is 2.88. The maximum absolute atomic E-state index is 11.8. The van der Waals surface area contributed by atoms with Crippen molar-refractivity contribution in [2.75, 3.05) is 5.32 Å². The first-order chi connectivity index (χ1) is 7.99. The lowest BCUT2D eigenvalue weighted by molar-refractivity contribution is -0.117. The molecule has 1 aromatic rings. The lowest BCUT2D eigenvalue weighted by Gasteiger charge is -2.08. The smallest absolute Gasteiger partial charge is 0.335 e. The molecule has 0 heterocycles. The van der Waals surface area contributed by atoms with Crippen LogP contribution in [0.3, 0.4) is 0 Å². The minimum atomic E-state index is -0.986. The zero-order valence-corrected chi connectivity index (χ0v) is 9.86. The van der Waals surface area contributed by atoms with Crippen molar-refractivity contribution in [3.05, 3.63) is 29.3 Å². The number of benzene rings is 1. The molecule has 1 amide bonds. The summed E-state index contributed by atoms with van der Waals surface area (Å²) >= 11 is 0. The minimum Gasteiger partial charge on any atom is -0.478 e. The van der Waals surface area contributed by atoms with Crippen LogP contribution in [0.2, 0.25) is 0 Å². The summed E-state index contributed by atoms with van der Waals surface area (Å²) in [6, 6.07) is 4.74. The lowest BCUT2D eigenvalue weighted by Crippen LogP contribution is -2.15. The first-order valence-electron chi connectivity index (χ1n) is 5.64.